The highest BCUT2D eigenvalue weighted by atomic mass is 16.6. The molecule has 0 fully saturated rings. The molecule has 0 aromatic heterocycles. The standard InChI is InChI=1S/C52H82O25.CH4/c1-7-45(53)72-31-25-59-13-19-65-37-51(38-66-20-14-60-26-32-73-46(54)8-2,39-67-21-15-61-27-33-74-47(55)9-3)43-71-44-52(40-68-22-16-62-28-34-75-48(56)10-4,41-69-23-17-63-29-35-76-49(57)11-5)42-70-24-18-64-30-36-77-50(58)12-6;/h7-12H,1-6,13-44H2;1H4. The molecule has 0 heterocycles. The molecule has 0 radical (unpaired) electrons. The molecule has 0 saturated heterocycles. The van der Waals surface area contributed by atoms with Crippen molar-refractivity contribution in [2.45, 2.75) is 7.43 Å². The lowest BCUT2D eigenvalue weighted by Crippen LogP contribution is -2.46. The number of hydrogen-bond acceptors (Lipinski definition) is 25. The Morgan fingerprint density at radius 3 is 0.500 bits per heavy atom. The second-order valence-corrected chi connectivity index (χ2v) is 15.7. The first-order valence-corrected chi connectivity index (χ1v) is 24.7. The molecule has 0 atom stereocenters. The summed E-state index contributed by atoms with van der Waals surface area (Å²) in [6, 6.07) is 0. The van der Waals surface area contributed by atoms with Crippen LogP contribution in [-0.4, -0.2) is 247 Å². The molecular weight excluding hydrogens is 1040 g/mol. The number of carbonyl (C=O) groups excluding carboxylic acids is 6. The molecule has 0 rings (SSSR count). The summed E-state index contributed by atoms with van der Waals surface area (Å²) >= 11 is 0. The Labute approximate surface area is 459 Å². The van der Waals surface area contributed by atoms with Crippen molar-refractivity contribution in [3.63, 3.8) is 0 Å². The third-order valence-corrected chi connectivity index (χ3v) is 9.33. The molecule has 0 N–H and O–H groups in total. The second kappa shape index (κ2) is 53.7. The van der Waals surface area contributed by atoms with Crippen LogP contribution in [0.4, 0.5) is 0 Å². The van der Waals surface area contributed by atoms with Crippen LogP contribution in [0.1, 0.15) is 7.43 Å². The van der Waals surface area contributed by atoms with Gasteiger partial charge in [-0.15, -0.1) is 0 Å². The summed E-state index contributed by atoms with van der Waals surface area (Å²) in [5.74, 6) is -3.47. The maximum absolute atomic E-state index is 11.4. The Morgan fingerprint density at radius 1 is 0.218 bits per heavy atom. The lowest BCUT2D eigenvalue weighted by atomic mass is 9.90. The van der Waals surface area contributed by atoms with Gasteiger partial charge in [0.05, 0.1) is 183 Å². The zero-order chi connectivity index (χ0) is 56.8. The van der Waals surface area contributed by atoms with Gasteiger partial charge in [0, 0.05) is 36.5 Å². The second-order valence-electron chi connectivity index (χ2n) is 15.7. The van der Waals surface area contributed by atoms with Gasteiger partial charge >= 0.3 is 35.8 Å². The van der Waals surface area contributed by atoms with E-state index in [0.29, 0.717) is 0 Å². The van der Waals surface area contributed by atoms with Gasteiger partial charge in [0.2, 0.25) is 0 Å². The van der Waals surface area contributed by atoms with Crippen LogP contribution in [0.5, 0.6) is 0 Å². The largest absolute Gasteiger partial charge is 0.460 e. The summed E-state index contributed by atoms with van der Waals surface area (Å²) in [6.45, 7) is 22.6. The summed E-state index contributed by atoms with van der Waals surface area (Å²) in [5.41, 5.74) is -2.02. The highest BCUT2D eigenvalue weighted by molar-refractivity contribution is 5.82. The summed E-state index contributed by atoms with van der Waals surface area (Å²) in [6.07, 6.45) is 6.31. The Bertz CT molecular complexity index is 1350. The average Bonchev–Trinajstić information content (AvgIpc) is 3.44. The maximum Gasteiger partial charge on any atom is 0.330 e. The van der Waals surface area contributed by atoms with Gasteiger partial charge in [-0.25, -0.2) is 28.8 Å². The van der Waals surface area contributed by atoms with E-state index in [1.807, 2.05) is 0 Å². The molecule has 0 amide bonds. The Balaban J connectivity index is 0. The smallest absolute Gasteiger partial charge is 0.330 e. The van der Waals surface area contributed by atoms with Gasteiger partial charge in [0.25, 0.3) is 0 Å². The molecule has 0 aliphatic rings. The van der Waals surface area contributed by atoms with Crippen LogP contribution in [0.25, 0.3) is 0 Å². The molecule has 78 heavy (non-hydrogen) atoms. The van der Waals surface area contributed by atoms with Crippen molar-refractivity contribution in [1.82, 2.24) is 0 Å². The minimum absolute atomic E-state index is 0. The van der Waals surface area contributed by atoms with Gasteiger partial charge in [-0.05, 0) is 0 Å². The van der Waals surface area contributed by atoms with Crippen LogP contribution in [0, 0.1) is 10.8 Å². The number of carbonyl (C=O) groups is 6. The molecule has 0 spiro atoms. The fourth-order valence-electron chi connectivity index (χ4n) is 5.60. The minimum Gasteiger partial charge on any atom is -0.460 e. The van der Waals surface area contributed by atoms with Crippen molar-refractivity contribution in [1.29, 1.82) is 0 Å². The van der Waals surface area contributed by atoms with Gasteiger partial charge < -0.3 is 90.0 Å². The van der Waals surface area contributed by atoms with E-state index in [9.17, 15) is 28.8 Å². The van der Waals surface area contributed by atoms with Crippen LogP contribution < -0.4 is 0 Å². The highest BCUT2D eigenvalue weighted by Gasteiger charge is 2.37. The van der Waals surface area contributed by atoms with Crippen LogP contribution in [0.3, 0.4) is 0 Å². The molecule has 0 saturated carbocycles. The zero-order valence-electron chi connectivity index (χ0n) is 44.5. The lowest BCUT2D eigenvalue weighted by Gasteiger charge is -2.37. The number of ether oxygens (including phenoxy) is 19. The molecule has 25 nitrogen and oxygen atoms in total. The van der Waals surface area contributed by atoms with Gasteiger partial charge in [0.1, 0.15) is 39.6 Å². The normalized spacial score (nSPS) is 11.1. The third kappa shape index (κ3) is 45.7. The first kappa shape index (κ1) is 74.8. The van der Waals surface area contributed by atoms with Gasteiger partial charge in [-0.2, -0.15) is 0 Å². The van der Waals surface area contributed by atoms with Gasteiger partial charge in [-0.1, -0.05) is 46.9 Å². The van der Waals surface area contributed by atoms with E-state index in [2.05, 4.69) is 39.5 Å². The fraction of sp³-hybridized carbons (Fsp3) is 0.660. The first-order chi connectivity index (χ1) is 37.4. The Hall–Kier alpha value is -5.26. The van der Waals surface area contributed by atoms with Crippen molar-refractivity contribution in [3.05, 3.63) is 75.9 Å². The van der Waals surface area contributed by atoms with Crippen molar-refractivity contribution in [2.24, 2.45) is 10.8 Å². The summed E-state index contributed by atoms with van der Waals surface area (Å²) in [5, 5.41) is 0. The van der Waals surface area contributed by atoms with Crippen LogP contribution in [0.15, 0.2) is 75.9 Å². The lowest BCUT2D eigenvalue weighted by molar-refractivity contribution is -0.151. The van der Waals surface area contributed by atoms with E-state index in [0.717, 1.165) is 36.5 Å². The highest BCUT2D eigenvalue weighted by Crippen LogP contribution is 2.26. The van der Waals surface area contributed by atoms with Gasteiger partial charge in [0.15, 0.2) is 0 Å². The van der Waals surface area contributed by atoms with Crippen molar-refractivity contribution in [2.75, 3.05) is 211 Å². The molecule has 0 aliphatic carbocycles. The molecule has 0 aromatic carbocycles. The molecule has 0 aromatic rings. The molecule has 0 unspecified atom stereocenters. The van der Waals surface area contributed by atoms with E-state index < -0.39 is 46.6 Å². The van der Waals surface area contributed by atoms with E-state index in [-0.39, 0.29) is 219 Å². The minimum atomic E-state index is -1.01. The van der Waals surface area contributed by atoms with Gasteiger partial charge in [-0.3, -0.25) is 0 Å². The predicted molar refractivity (Wildman–Crippen MR) is 279 cm³/mol. The van der Waals surface area contributed by atoms with Crippen molar-refractivity contribution >= 4 is 35.8 Å². The topological polar surface area (TPSA) is 278 Å². The fourth-order valence-corrected chi connectivity index (χ4v) is 5.60. The summed E-state index contributed by atoms with van der Waals surface area (Å²) in [4.78, 5) is 68.6. The summed E-state index contributed by atoms with van der Waals surface area (Å²) in [7, 11) is 0. The monoisotopic (exact) mass is 1120 g/mol. The van der Waals surface area contributed by atoms with Crippen LogP contribution in [-0.2, 0) is 119 Å². The van der Waals surface area contributed by atoms with E-state index in [4.69, 9.17) is 90.0 Å². The number of hydrogen-bond donors (Lipinski definition) is 0. The first-order valence-electron chi connectivity index (χ1n) is 24.7. The van der Waals surface area contributed by atoms with E-state index in [1.54, 1.807) is 0 Å². The average molecular weight is 1120 g/mol. The van der Waals surface area contributed by atoms with E-state index >= 15 is 0 Å². The quantitative estimate of drug-likeness (QED) is 0.0365. The van der Waals surface area contributed by atoms with Crippen LogP contribution in [0.2, 0.25) is 0 Å². The number of rotatable bonds is 58. The number of esters is 6. The van der Waals surface area contributed by atoms with E-state index in [1.165, 1.54) is 0 Å². The Kier molecular flexibility index (Phi) is 51.5. The van der Waals surface area contributed by atoms with Crippen LogP contribution >= 0.6 is 0 Å². The molecule has 0 bridgehead atoms. The molecular formula is C53H86O25. The van der Waals surface area contributed by atoms with Crippen molar-refractivity contribution < 1.29 is 119 Å². The van der Waals surface area contributed by atoms with Crippen molar-refractivity contribution in [3.8, 4) is 0 Å². The maximum atomic E-state index is 11.4. The predicted octanol–water partition coefficient (Wildman–Crippen LogP) is 2.19. The molecule has 448 valence electrons. The summed E-state index contributed by atoms with van der Waals surface area (Å²) < 4.78 is 107. The SMILES string of the molecule is C.C=CC(=O)OCCOCCOCC(COCCOCCOC(=O)C=C)(COCCOCCOC(=O)C=C)COCC(COCCOCCOC(=O)C=C)(COCCOCCOC(=O)C=C)COCCOCCOC(=O)C=C. The molecule has 25 heteroatoms. The Morgan fingerprint density at radius 2 is 0.346 bits per heavy atom. The zero-order valence-corrected chi connectivity index (χ0v) is 44.5. The molecule has 0 aliphatic heterocycles. The third-order valence-electron chi connectivity index (χ3n) is 9.33.